The average Bonchev–Trinajstić information content (AvgIpc) is 3.37. The topological polar surface area (TPSA) is 122 Å². The minimum absolute atomic E-state index is 0.133. The van der Waals surface area contributed by atoms with Gasteiger partial charge in [0, 0.05) is 36.1 Å². The standard InChI is InChI=1S/C18H23N3O2S.2C2HF3O2/c1-13-12-24-17(20-13)10-21-7-8-22-16-5-4-15(21)18(16)23-11-14-3-2-6-19-9-14;2*3-2(4,5)1(6)7/h2-3,6,9,12,15-16,18H,4-5,7-8,10-11H2,1H3;2*(H,6,7). The average molecular weight is 574 g/mol. The van der Waals surface area contributed by atoms with Crippen LogP contribution in [-0.2, 0) is 32.2 Å². The number of halogens is 6. The van der Waals surface area contributed by atoms with E-state index >= 15 is 0 Å². The molecule has 9 nitrogen and oxygen atoms in total. The van der Waals surface area contributed by atoms with Gasteiger partial charge in [0.2, 0.25) is 0 Å². The number of carbonyl (C=O) groups is 2. The molecule has 3 unspecified atom stereocenters. The Morgan fingerprint density at radius 2 is 1.79 bits per heavy atom. The lowest BCUT2D eigenvalue weighted by Gasteiger charge is -2.30. The van der Waals surface area contributed by atoms with Gasteiger partial charge >= 0.3 is 24.3 Å². The van der Waals surface area contributed by atoms with Crippen molar-refractivity contribution < 1.29 is 55.6 Å². The van der Waals surface area contributed by atoms with E-state index in [2.05, 4.69) is 33.2 Å². The number of aliphatic carboxylic acids is 2. The van der Waals surface area contributed by atoms with Gasteiger partial charge in [-0.25, -0.2) is 14.6 Å². The number of hydrogen-bond donors (Lipinski definition) is 2. The van der Waals surface area contributed by atoms with Crippen molar-refractivity contribution in [3.63, 3.8) is 0 Å². The molecule has 38 heavy (non-hydrogen) atoms. The smallest absolute Gasteiger partial charge is 0.475 e. The van der Waals surface area contributed by atoms with Gasteiger partial charge in [-0.2, -0.15) is 26.3 Å². The van der Waals surface area contributed by atoms with Crippen molar-refractivity contribution in [2.45, 2.75) is 63.5 Å². The molecule has 0 aromatic carbocycles. The largest absolute Gasteiger partial charge is 0.490 e. The van der Waals surface area contributed by atoms with Gasteiger partial charge in [0.15, 0.2) is 0 Å². The van der Waals surface area contributed by atoms with Gasteiger partial charge in [0.25, 0.3) is 0 Å². The van der Waals surface area contributed by atoms with Crippen LogP contribution in [0.5, 0.6) is 0 Å². The predicted octanol–water partition coefficient (Wildman–Crippen LogP) is 4.06. The van der Waals surface area contributed by atoms with Crippen LogP contribution in [0, 0.1) is 6.92 Å². The van der Waals surface area contributed by atoms with Gasteiger partial charge in [0.1, 0.15) is 5.01 Å². The molecule has 2 aliphatic rings. The molecule has 1 aliphatic heterocycles. The SMILES string of the molecule is Cc1csc(CN2CCOC3CCC2C3OCc2cccnc2)n1.O=C(O)C(F)(F)F.O=C(O)C(F)(F)F. The predicted molar refractivity (Wildman–Crippen MR) is 120 cm³/mol. The number of nitrogens with zero attached hydrogens (tertiary/aromatic N) is 3. The summed E-state index contributed by atoms with van der Waals surface area (Å²) in [5.41, 5.74) is 2.22. The molecule has 3 heterocycles. The van der Waals surface area contributed by atoms with E-state index in [9.17, 15) is 26.3 Å². The fourth-order valence-corrected chi connectivity index (χ4v) is 4.50. The fourth-order valence-electron chi connectivity index (χ4n) is 3.71. The molecule has 212 valence electrons. The summed E-state index contributed by atoms with van der Waals surface area (Å²) in [5.74, 6) is -5.51. The maximum absolute atomic E-state index is 10.6. The summed E-state index contributed by atoms with van der Waals surface area (Å²) in [6.45, 7) is 5.27. The minimum Gasteiger partial charge on any atom is -0.475 e. The second kappa shape index (κ2) is 13.8. The molecule has 2 bridgehead atoms. The Balaban J connectivity index is 0.000000301. The van der Waals surface area contributed by atoms with E-state index in [1.807, 2.05) is 12.3 Å². The summed E-state index contributed by atoms with van der Waals surface area (Å²) >= 11 is 1.74. The number of pyridine rings is 1. The lowest BCUT2D eigenvalue weighted by molar-refractivity contribution is -0.193. The fraction of sp³-hybridized carbons (Fsp3) is 0.545. The Bertz CT molecular complexity index is 1010. The molecule has 0 radical (unpaired) electrons. The summed E-state index contributed by atoms with van der Waals surface area (Å²) in [6, 6.07) is 4.43. The Hall–Kier alpha value is -2.82. The van der Waals surface area contributed by atoms with Crippen LogP contribution >= 0.6 is 11.3 Å². The lowest BCUT2D eigenvalue weighted by atomic mass is 10.1. The van der Waals surface area contributed by atoms with Crippen LogP contribution < -0.4 is 0 Å². The number of hydrogen-bond acceptors (Lipinski definition) is 8. The van der Waals surface area contributed by atoms with Gasteiger partial charge in [0.05, 0.1) is 32.0 Å². The first kappa shape index (κ1) is 31.4. The molecule has 2 aromatic heterocycles. The van der Waals surface area contributed by atoms with Crippen molar-refractivity contribution in [2.75, 3.05) is 13.2 Å². The summed E-state index contributed by atoms with van der Waals surface area (Å²) in [5, 5.41) is 17.6. The van der Waals surface area contributed by atoms with Crippen LogP contribution in [0.1, 0.15) is 29.1 Å². The number of rotatable bonds is 5. The number of carboxylic acid groups (broad SMARTS) is 2. The highest BCUT2D eigenvalue weighted by Crippen LogP contribution is 2.33. The van der Waals surface area contributed by atoms with Gasteiger partial charge < -0.3 is 19.7 Å². The molecule has 1 saturated carbocycles. The first-order valence-electron chi connectivity index (χ1n) is 11.1. The summed E-state index contributed by atoms with van der Waals surface area (Å²) in [6.07, 6.45) is -3.94. The van der Waals surface area contributed by atoms with Gasteiger partial charge in [-0.1, -0.05) is 6.07 Å². The van der Waals surface area contributed by atoms with Crippen molar-refractivity contribution in [1.82, 2.24) is 14.9 Å². The van der Waals surface area contributed by atoms with E-state index in [4.69, 9.17) is 29.3 Å². The monoisotopic (exact) mass is 573 g/mol. The Morgan fingerprint density at radius 1 is 1.16 bits per heavy atom. The van der Waals surface area contributed by atoms with Gasteiger partial charge in [-0.3, -0.25) is 9.88 Å². The van der Waals surface area contributed by atoms with E-state index in [1.54, 1.807) is 17.5 Å². The number of thiazole rings is 1. The normalized spacial score (nSPS) is 21.4. The van der Waals surface area contributed by atoms with E-state index in [1.165, 1.54) is 5.01 Å². The van der Waals surface area contributed by atoms with Crippen molar-refractivity contribution in [1.29, 1.82) is 0 Å². The number of alkyl halides is 6. The summed E-state index contributed by atoms with van der Waals surface area (Å²) in [7, 11) is 0. The zero-order valence-corrected chi connectivity index (χ0v) is 20.7. The van der Waals surface area contributed by atoms with E-state index in [0.29, 0.717) is 12.6 Å². The van der Waals surface area contributed by atoms with Gasteiger partial charge in [-0.05, 0) is 31.4 Å². The molecule has 1 aliphatic carbocycles. The number of aromatic nitrogens is 2. The second-order valence-electron chi connectivity index (χ2n) is 8.15. The maximum Gasteiger partial charge on any atom is 0.490 e. The third-order valence-corrected chi connectivity index (χ3v) is 6.28. The Morgan fingerprint density at radius 3 is 2.29 bits per heavy atom. The van der Waals surface area contributed by atoms with Crippen molar-refractivity contribution in [3.8, 4) is 0 Å². The number of carboxylic acids is 2. The van der Waals surface area contributed by atoms with Crippen molar-refractivity contribution in [3.05, 3.63) is 46.2 Å². The molecular formula is C22H25F6N3O6S. The molecule has 0 spiro atoms. The first-order chi connectivity index (χ1) is 17.7. The first-order valence-corrected chi connectivity index (χ1v) is 11.9. The zero-order valence-electron chi connectivity index (χ0n) is 19.9. The third kappa shape index (κ3) is 10.2. The molecule has 2 N–H and O–H groups in total. The molecule has 3 atom stereocenters. The highest BCUT2D eigenvalue weighted by molar-refractivity contribution is 7.09. The molecular weight excluding hydrogens is 548 g/mol. The van der Waals surface area contributed by atoms with Gasteiger partial charge in [-0.15, -0.1) is 11.3 Å². The lowest BCUT2D eigenvalue weighted by Crippen LogP contribution is -2.42. The van der Waals surface area contributed by atoms with E-state index < -0.39 is 24.3 Å². The van der Waals surface area contributed by atoms with Crippen LogP contribution in [0.4, 0.5) is 26.3 Å². The summed E-state index contributed by atoms with van der Waals surface area (Å²) < 4.78 is 75.8. The van der Waals surface area contributed by atoms with Crippen molar-refractivity contribution in [2.24, 2.45) is 0 Å². The quantitative estimate of drug-likeness (QED) is 0.510. The maximum atomic E-state index is 10.6. The summed E-state index contributed by atoms with van der Waals surface area (Å²) in [4.78, 5) is 29.1. The number of aryl methyl sites for hydroxylation is 1. The van der Waals surface area contributed by atoms with E-state index in [0.717, 1.165) is 43.8 Å². The molecule has 0 amide bonds. The van der Waals surface area contributed by atoms with Crippen LogP contribution in [0.25, 0.3) is 0 Å². The van der Waals surface area contributed by atoms with Crippen LogP contribution in [-0.4, -0.2) is 80.8 Å². The van der Waals surface area contributed by atoms with E-state index in [-0.39, 0.29) is 12.2 Å². The van der Waals surface area contributed by atoms with Crippen LogP contribution in [0.3, 0.4) is 0 Å². The zero-order chi connectivity index (χ0) is 28.5. The minimum atomic E-state index is -5.08. The molecule has 2 fully saturated rings. The Labute approximate surface area is 217 Å². The second-order valence-corrected chi connectivity index (χ2v) is 9.09. The Kier molecular flexibility index (Phi) is 11.4. The van der Waals surface area contributed by atoms with Crippen molar-refractivity contribution >= 4 is 23.3 Å². The highest BCUT2D eigenvalue weighted by Gasteiger charge is 2.43. The third-order valence-electron chi connectivity index (χ3n) is 5.33. The molecule has 16 heteroatoms. The number of ether oxygens (including phenoxy) is 2. The molecule has 4 rings (SSSR count). The molecule has 1 saturated heterocycles. The highest BCUT2D eigenvalue weighted by atomic mass is 32.1. The molecule has 2 aromatic rings. The number of fused-ring (bicyclic) bond motifs is 2. The van der Waals surface area contributed by atoms with Crippen LogP contribution in [0.2, 0.25) is 0 Å². The van der Waals surface area contributed by atoms with Crippen LogP contribution in [0.15, 0.2) is 29.9 Å².